The summed E-state index contributed by atoms with van der Waals surface area (Å²) in [5.41, 5.74) is -0.607. The number of nitrogens with zero attached hydrogens (tertiary/aromatic N) is 3. The summed E-state index contributed by atoms with van der Waals surface area (Å²) in [6, 6.07) is 9.09. The Labute approximate surface area is 192 Å². The van der Waals surface area contributed by atoms with E-state index in [4.69, 9.17) is 0 Å². The van der Waals surface area contributed by atoms with Gasteiger partial charge in [-0.3, -0.25) is 19.5 Å². The minimum Gasteiger partial charge on any atom is -0.343 e. The van der Waals surface area contributed by atoms with E-state index in [1.807, 2.05) is 48.4 Å². The Kier molecular flexibility index (Phi) is 6.60. The third kappa shape index (κ3) is 4.28. The molecule has 1 N–H and O–H groups in total. The number of pyridine rings is 1. The summed E-state index contributed by atoms with van der Waals surface area (Å²) in [6.45, 7) is 5.59. The van der Waals surface area contributed by atoms with Gasteiger partial charge in [-0.1, -0.05) is 26.0 Å². The van der Waals surface area contributed by atoms with Crippen LogP contribution >= 0.6 is 11.3 Å². The molecule has 7 nitrogen and oxygen atoms in total. The van der Waals surface area contributed by atoms with Crippen LogP contribution in [0, 0.1) is 11.8 Å². The molecule has 2 aromatic heterocycles. The third-order valence-electron chi connectivity index (χ3n) is 6.41. The lowest BCUT2D eigenvalue weighted by Gasteiger charge is -2.40. The van der Waals surface area contributed by atoms with Crippen molar-refractivity contribution in [1.82, 2.24) is 20.1 Å². The van der Waals surface area contributed by atoms with Gasteiger partial charge in [0.05, 0.1) is 5.69 Å². The van der Waals surface area contributed by atoms with Crippen molar-refractivity contribution in [3.63, 3.8) is 0 Å². The second kappa shape index (κ2) is 9.40. The van der Waals surface area contributed by atoms with Crippen LogP contribution in [0.2, 0.25) is 0 Å². The van der Waals surface area contributed by atoms with Crippen LogP contribution in [0.5, 0.6) is 0 Å². The van der Waals surface area contributed by atoms with Gasteiger partial charge in [-0.05, 0) is 48.8 Å². The Balaban J connectivity index is 1.56. The first-order valence-corrected chi connectivity index (χ1v) is 12.2. The van der Waals surface area contributed by atoms with E-state index in [2.05, 4.69) is 10.3 Å². The zero-order valence-electron chi connectivity index (χ0n) is 18.6. The number of urea groups is 1. The number of rotatable bonds is 7. The van der Waals surface area contributed by atoms with Crippen molar-refractivity contribution in [1.29, 1.82) is 0 Å². The van der Waals surface area contributed by atoms with Crippen LogP contribution in [0.4, 0.5) is 4.79 Å². The molecule has 0 aromatic carbocycles. The first kappa shape index (κ1) is 22.5. The lowest BCUT2D eigenvalue weighted by Crippen LogP contribution is -2.54. The zero-order chi connectivity index (χ0) is 22.7. The number of hydrogen-bond acceptors (Lipinski definition) is 5. The zero-order valence-corrected chi connectivity index (χ0v) is 19.4. The Morgan fingerprint density at radius 3 is 2.62 bits per heavy atom. The van der Waals surface area contributed by atoms with Gasteiger partial charge in [0.25, 0.3) is 5.91 Å². The van der Waals surface area contributed by atoms with Crippen molar-refractivity contribution in [3.8, 4) is 0 Å². The molecule has 0 spiro atoms. The first-order chi connectivity index (χ1) is 15.4. The molecule has 8 heteroatoms. The highest BCUT2D eigenvalue weighted by molar-refractivity contribution is 7.09. The van der Waals surface area contributed by atoms with Crippen molar-refractivity contribution in [2.75, 3.05) is 19.6 Å². The van der Waals surface area contributed by atoms with Gasteiger partial charge in [-0.25, -0.2) is 4.79 Å². The Morgan fingerprint density at radius 1 is 1.22 bits per heavy atom. The third-order valence-corrected chi connectivity index (χ3v) is 7.34. The largest absolute Gasteiger partial charge is 0.343 e. The van der Waals surface area contributed by atoms with Crippen LogP contribution in [0.15, 0.2) is 41.9 Å². The molecule has 32 heavy (non-hydrogen) atoms. The predicted molar refractivity (Wildman–Crippen MR) is 123 cm³/mol. The molecule has 1 unspecified atom stereocenters. The minimum absolute atomic E-state index is 0.122. The lowest BCUT2D eigenvalue weighted by molar-refractivity contribution is -0.136. The molecule has 1 atom stereocenters. The molecule has 0 aliphatic carbocycles. The Bertz CT molecular complexity index is 955. The van der Waals surface area contributed by atoms with Crippen molar-refractivity contribution in [2.45, 2.75) is 45.1 Å². The fourth-order valence-electron chi connectivity index (χ4n) is 4.77. The maximum absolute atomic E-state index is 13.8. The highest BCUT2D eigenvalue weighted by Crippen LogP contribution is 2.40. The highest BCUT2D eigenvalue weighted by atomic mass is 32.1. The number of nitrogens with one attached hydrogen (secondary N) is 1. The fraction of sp³-hybridized carbons (Fsp3) is 0.500. The number of hydrogen-bond donors (Lipinski definition) is 1. The molecule has 2 aliphatic rings. The van der Waals surface area contributed by atoms with E-state index in [1.54, 1.807) is 23.6 Å². The number of amides is 4. The summed E-state index contributed by atoms with van der Waals surface area (Å²) < 4.78 is 0. The monoisotopic (exact) mass is 454 g/mol. The van der Waals surface area contributed by atoms with Crippen LogP contribution in [0.3, 0.4) is 0 Å². The molecule has 2 saturated heterocycles. The quantitative estimate of drug-likeness (QED) is 0.650. The number of piperidine rings is 1. The molecule has 2 aromatic rings. The van der Waals surface area contributed by atoms with Gasteiger partial charge in [-0.2, -0.15) is 0 Å². The van der Waals surface area contributed by atoms with Crippen molar-refractivity contribution in [3.05, 3.63) is 52.5 Å². The van der Waals surface area contributed by atoms with E-state index in [1.165, 1.54) is 4.90 Å². The SMILES string of the molecule is CC(C)CC(=O)N1CCC(C2(c3ccccn3)NC(=O)N(CCc3cccs3)C2=O)CC1. The smallest absolute Gasteiger partial charge is 0.325 e. The normalized spacial score (nSPS) is 22.0. The predicted octanol–water partition coefficient (Wildman–Crippen LogP) is 3.42. The molecule has 0 bridgehead atoms. The summed E-state index contributed by atoms with van der Waals surface area (Å²) in [7, 11) is 0. The van der Waals surface area contributed by atoms with Crippen molar-refractivity contribution in [2.24, 2.45) is 11.8 Å². The van der Waals surface area contributed by atoms with Gasteiger partial charge in [0.1, 0.15) is 0 Å². The van der Waals surface area contributed by atoms with E-state index in [-0.39, 0.29) is 23.8 Å². The average Bonchev–Trinajstić information content (AvgIpc) is 3.39. The van der Waals surface area contributed by atoms with Crippen LogP contribution in [-0.2, 0) is 21.5 Å². The number of carbonyl (C=O) groups is 3. The molecular formula is C24H30N4O3S. The van der Waals surface area contributed by atoms with E-state index < -0.39 is 5.54 Å². The molecule has 2 fully saturated rings. The van der Waals surface area contributed by atoms with Crippen molar-refractivity contribution >= 4 is 29.2 Å². The van der Waals surface area contributed by atoms with Crippen LogP contribution in [-0.4, -0.2) is 52.3 Å². The van der Waals surface area contributed by atoms with Gasteiger partial charge >= 0.3 is 6.03 Å². The van der Waals surface area contributed by atoms with E-state index in [0.29, 0.717) is 56.9 Å². The first-order valence-electron chi connectivity index (χ1n) is 11.3. The number of likely N-dealkylation sites (tertiary alicyclic amines) is 1. The standard InChI is InChI=1S/C24H30N4O3S/c1-17(2)16-21(29)27-12-8-18(9-13-27)24(20-7-3-4-11-25-20)22(30)28(23(31)26-24)14-10-19-6-5-15-32-19/h3-7,11,15,17-18H,8-10,12-14,16H2,1-2H3,(H,26,31). The summed E-state index contributed by atoms with van der Waals surface area (Å²) in [4.78, 5) is 48.1. The number of carbonyl (C=O) groups excluding carboxylic acids is 3. The van der Waals surface area contributed by atoms with E-state index in [0.717, 1.165) is 4.88 Å². The second-order valence-electron chi connectivity index (χ2n) is 8.99. The van der Waals surface area contributed by atoms with E-state index >= 15 is 0 Å². The average molecular weight is 455 g/mol. The molecule has 0 radical (unpaired) electrons. The maximum atomic E-state index is 13.8. The number of aromatic nitrogens is 1. The molecular weight excluding hydrogens is 424 g/mol. The Hall–Kier alpha value is -2.74. The lowest BCUT2D eigenvalue weighted by atomic mass is 9.75. The van der Waals surface area contributed by atoms with Gasteiger partial charge in [0.2, 0.25) is 5.91 Å². The number of imide groups is 1. The van der Waals surface area contributed by atoms with Crippen LogP contribution in [0.1, 0.15) is 43.7 Å². The van der Waals surface area contributed by atoms with Gasteiger partial charge in [-0.15, -0.1) is 11.3 Å². The topological polar surface area (TPSA) is 82.6 Å². The second-order valence-corrected chi connectivity index (χ2v) is 10.0. The maximum Gasteiger partial charge on any atom is 0.325 e. The van der Waals surface area contributed by atoms with Gasteiger partial charge < -0.3 is 10.2 Å². The molecule has 0 saturated carbocycles. The van der Waals surface area contributed by atoms with Gasteiger partial charge in [0.15, 0.2) is 5.54 Å². The highest BCUT2D eigenvalue weighted by Gasteiger charge is 2.58. The molecule has 4 heterocycles. The minimum atomic E-state index is -1.18. The Morgan fingerprint density at radius 2 is 2.00 bits per heavy atom. The summed E-state index contributed by atoms with van der Waals surface area (Å²) >= 11 is 1.62. The molecule has 4 amide bonds. The summed E-state index contributed by atoms with van der Waals surface area (Å²) in [6.07, 6.45) is 4.11. The van der Waals surface area contributed by atoms with Crippen molar-refractivity contribution < 1.29 is 14.4 Å². The van der Waals surface area contributed by atoms with E-state index in [9.17, 15) is 14.4 Å². The molecule has 4 rings (SSSR count). The fourth-order valence-corrected chi connectivity index (χ4v) is 5.47. The van der Waals surface area contributed by atoms with Gasteiger partial charge in [0, 0.05) is 43.0 Å². The van der Waals surface area contributed by atoms with Crippen LogP contribution in [0.25, 0.3) is 0 Å². The summed E-state index contributed by atoms with van der Waals surface area (Å²) in [5, 5.41) is 5.03. The van der Waals surface area contributed by atoms with Crippen LogP contribution < -0.4 is 5.32 Å². The summed E-state index contributed by atoms with van der Waals surface area (Å²) in [5.74, 6) is 0.116. The molecule has 2 aliphatic heterocycles. The number of thiophene rings is 1. The molecule has 170 valence electrons.